The number of aryl methyl sites for hydroxylation is 1. The molecule has 0 fully saturated rings. The summed E-state index contributed by atoms with van der Waals surface area (Å²) in [5.74, 6) is -0.406. The first-order chi connectivity index (χ1) is 7.59. The number of anilines is 1. The number of hydrogen-bond donors (Lipinski definition) is 1. The number of nitrogen functional groups attached to an aromatic ring is 1. The summed E-state index contributed by atoms with van der Waals surface area (Å²) in [7, 11) is 0. The third-order valence-electron chi connectivity index (χ3n) is 2.10. The number of aromatic nitrogens is 3. The van der Waals surface area contributed by atoms with Crippen molar-refractivity contribution in [3.8, 4) is 5.95 Å². The van der Waals surface area contributed by atoms with E-state index >= 15 is 0 Å². The molecule has 0 aliphatic heterocycles. The minimum Gasteiger partial charge on any atom is -0.394 e. The zero-order chi connectivity index (χ0) is 11.7. The van der Waals surface area contributed by atoms with Crippen LogP contribution >= 0.6 is 0 Å². The van der Waals surface area contributed by atoms with E-state index in [9.17, 15) is 9.18 Å². The summed E-state index contributed by atoms with van der Waals surface area (Å²) in [6, 6.07) is 3.08. The zero-order valence-corrected chi connectivity index (χ0v) is 8.51. The van der Waals surface area contributed by atoms with Gasteiger partial charge in [-0.3, -0.25) is 9.36 Å². The van der Waals surface area contributed by atoms with Crippen molar-refractivity contribution >= 4 is 5.69 Å². The van der Waals surface area contributed by atoms with Gasteiger partial charge >= 0.3 is 0 Å². The fourth-order valence-electron chi connectivity index (χ4n) is 1.22. The Bertz CT molecular complexity index is 594. The minimum atomic E-state index is -0.513. The van der Waals surface area contributed by atoms with Crippen molar-refractivity contribution in [2.45, 2.75) is 6.92 Å². The van der Waals surface area contributed by atoms with Gasteiger partial charge in [-0.2, -0.15) is 0 Å². The van der Waals surface area contributed by atoms with Crippen LogP contribution in [0.4, 0.5) is 10.1 Å². The van der Waals surface area contributed by atoms with Gasteiger partial charge in [0.1, 0.15) is 0 Å². The minimum absolute atomic E-state index is 0.0908. The first kappa shape index (κ1) is 10.3. The molecule has 82 valence electrons. The smallest absolute Gasteiger partial charge is 0.280 e. The lowest BCUT2D eigenvalue weighted by molar-refractivity contribution is 0.598. The second-order valence-corrected chi connectivity index (χ2v) is 3.24. The first-order valence-electron chi connectivity index (χ1n) is 4.56. The van der Waals surface area contributed by atoms with Crippen molar-refractivity contribution < 1.29 is 4.39 Å². The van der Waals surface area contributed by atoms with E-state index in [1.165, 1.54) is 23.8 Å². The molecule has 5 nitrogen and oxygen atoms in total. The van der Waals surface area contributed by atoms with E-state index in [-0.39, 0.29) is 17.3 Å². The van der Waals surface area contributed by atoms with Crippen molar-refractivity contribution in [3.63, 3.8) is 0 Å². The number of pyridine rings is 1. The van der Waals surface area contributed by atoms with Crippen molar-refractivity contribution in [2.24, 2.45) is 0 Å². The monoisotopic (exact) mass is 220 g/mol. The van der Waals surface area contributed by atoms with Crippen LogP contribution in [0.1, 0.15) is 5.69 Å². The van der Waals surface area contributed by atoms with Gasteiger partial charge in [0.15, 0.2) is 5.82 Å². The van der Waals surface area contributed by atoms with Crippen LogP contribution in [0.3, 0.4) is 0 Å². The zero-order valence-electron chi connectivity index (χ0n) is 8.51. The molecule has 2 aromatic heterocycles. The van der Waals surface area contributed by atoms with Crippen LogP contribution in [0, 0.1) is 12.7 Å². The van der Waals surface area contributed by atoms with E-state index in [0.29, 0.717) is 0 Å². The van der Waals surface area contributed by atoms with Gasteiger partial charge < -0.3 is 5.73 Å². The summed E-state index contributed by atoms with van der Waals surface area (Å²) >= 11 is 0. The van der Waals surface area contributed by atoms with Gasteiger partial charge in [-0.15, -0.1) is 0 Å². The van der Waals surface area contributed by atoms with Gasteiger partial charge in [-0.05, 0) is 19.1 Å². The second-order valence-electron chi connectivity index (χ2n) is 3.24. The Balaban J connectivity index is 2.64. The Labute approximate surface area is 90.4 Å². The topological polar surface area (TPSA) is 73.8 Å². The maximum atomic E-state index is 13.0. The number of nitrogens with two attached hydrogens (primary N) is 1. The molecule has 0 aromatic carbocycles. The van der Waals surface area contributed by atoms with Gasteiger partial charge in [-0.1, -0.05) is 0 Å². The molecule has 2 N–H and O–H groups in total. The van der Waals surface area contributed by atoms with Crippen LogP contribution in [0.25, 0.3) is 5.95 Å². The lowest BCUT2D eigenvalue weighted by Gasteiger charge is -2.04. The van der Waals surface area contributed by atoms with Gasteiger partial charge in [0.05, 0.1) is 17.6 Å². The molecule has 0 atom stereocenters. The van der Waals surface area contributed by atoms with Crippen LogP contribution in [-0.2, 0) is 0 Å². The average molecular weight is 220 g/mol. The van der Waals surface area contributed by atoms with E-state index in [0.717, 1.165) is 6.20 Å². The summed E-state index contributed by atoms with van der Waals surface area (Å²) in [6.07, 6.45) is 2.50. The van der Waals surface area contributed by atoms with Crippen LogP contribution in [0.2, 0.25) is 0 Å². The lowest BCUT2D eigenvalue weighted by atomic mass is 10.4. The molecule has 0 saturated carbocycles. The molecule has 0 radical (unpaired) electrons. The lowest BCUT2D eigenvalue weighted by Crippen LogP contribution is -2.22. The predicted molar refractivity (Wildman–Crippen MR) is 56.7 cm³/mol. The highest BCUT2D eigenvalue weighted by Gasteiger charge is 2.07. The van der Waals surface area contributed by atoms with Crippen LogP contribution < -0.4 is 11.3 Å². The number of nitrogens with zero attached hydrogens (tertiary/aromatic N) is 3. The standard InChI is InChI=1S/C10H9FN4O/c1-6-7(11)5-13-10(14-6)15-4-2-3-8(12)9(15)16/h2-5H,12H2,1H3. The van der Waals surface area contributed by atoms with Crippen LogP contribution in [0.5, 0.6) is 0 Å². The Morgan fingerprint density at radius 1 is 1.50 bits per heavy atom. The quantitative estimate of drug-likeness (QED) is 0.766. The second kappa shape index (κ2) is 3.73. The van der Waals surface area contributed by atoms with Gasteiger partial charge in [0.2, 0.25) is 5.95 Å². The molecule has 0 saturated heterocycles. The first-order valence-corrected chi connectivity index (χ1v) is 4.56. The Morgan fingerprint density at radius 2 is 2.25 bits per heavy atom. The fourth-order valence-corrected chi connectivity index (χ4v) is 1.22. The van der Waals surface area contributed by atoms with E-state index < -0.39 is 11.4 Å². The predicted octanol–water partition coefficient (Wildman–Crippen LogP) is 0.657. The molecule has 0 bridgehead atoms. The van der Waals surface area contributed by atoms with Crippen LogP contribution in [0.15, 0.2) is 29.3 Å². The molecule has 6 heteroatoms. The molecule has 2 rings (SSSR count). The number of halogens is 1. The van der Waals surface area contributed by atoms with Gasteiger partial charge in [-0.25, -0.2) is 14.4 Å². The number of hydrogen-bond acceptors (Lipinski definition) is 4. The molecule has 16 heavy (non-hydrogen) atoms. The molecule has 2 aromatic rings. The van der Waals surface area contributed by atoms with E-state index in [2.05, 4.69) is 9.97 Å². The Hall–Kier alpha value is -2.24. The van der Waals surface area contributed by atoms with Crippen molar-refractivity contribution in [1.29, 1.82) is 0 Å². The summed E-state index contributed by atoms with van der Waals surface area (Å²) in [5.41, 5.74) is 5.31. The molecule has 0 amide bonds. The highest BCUT2D eigenvalue weighted by atomic mass is 19.1. The molecular weight excluding hydrogens is 211 g/mol. The third-order valence-corrected chi connectivity index (χ3v) is 2.10. The summed E-state index contributed by atoms with van der Waals surface area (Å²) in [4.78, 5) is 19.2. The Morgan fingerprint density at radius 3 is 2.94 bits per heavy atom. The van der Waals surface area contributed by atoms with Crippen LogP contribution in [-0.4, -0.2) is 14.5 Å². The summed E-state index contributed by atoms with van der Waals surface area (Å²) < 4.78 is 14.1. The van der Waals surface area contributed by atoms with E-state index in [1.807, 2.05) is 0 Å². The van der Waals surface area contributed by atoms with Gasteiger partial charge in [0, 0.05) is 6.20 Å². The van der Waals surface area contributed by atoms with Crippen molar-refractivity contribution in [3.05, 3.63) is 46.4 Å². The SMILES string of the molecule is Cc1nc(-n2cccc(N)c2=O)ncc1F. The van der Waals surface area contributed by atoms with E-state index in [4.69, 9.17) is 5.73 Å². The van der Waals surface area contributed by atoms with Crippen molar-refractivity contribution in [1.82, 2.24) is 14.5 Å². The maximum absolute atomic E-state index is 13.0. The molecule has 0 aliphatic rings. The highest BCUT2D eigenvalue weighted by molar-refractivity contribution is 5.36. The van der Waals surface area contributed by atoms with E-state index in [1.54, 1.807) is 6.07 Å². The molecular formula is C10H9FN4O. The third kappa shape index (κ3) is 1.65. The Kier molecular flexibility index (Phi) is 2.40. The average Bonchev–Trinajstić information content (AvgIpc) is 2.26. The fraction of sp³-hybridized carbons (Fsp3) is 0.100. The maximum Gasteiger partial charge on any atom is 0.280 e. The number of rotatable bonds is 1. The molecule has 0 aliphatic carbocycles. The summed E-state index contributed by atoms with van der Waals surface area (Å²) in [6.45, 7) is 1.50. The summed E-state index contributed by atoms with van der Waals surface area (Å²) in [5, 5.41) is 0. The molecule has 0 spiro atoms. The van der Waals surface area contributed by atoms with Crippen molar-refractivity contribution in [2.75, 3.05) is 5.73 Å². The largest absolute Gasteiger partial charge is 0.394 e. The molecule has 2 heterocycles. The van der Waals surface area contributed by atoms with Gasteiger partial charge in [0.25, 0.3) is 5.56 Å². The normalized spacial score (nSPS) is 10.4. The highest BCUT2D eigenvalue weighted by Crippen LogP contribution is 2.04. The molecule has 0 unspecified atom stereocenters.